The zero-order valence-electron chi connectivity index (χ0n) is 13.2. The first-order valence-corrected chi connectivity index (χ1v) is 8.18. The van der Waals surface area contributed by atoms with Gasteiger partial charge in [-0.1, -0.05) is 42.5 Å². The van der Waals surface area contributed by atoms with Gasteiger partial charge in [-0.25, -0.2) is 0 Å². The number of benzene rings is 2. The second-order valence-corrected chi connectivity index (χ2v) is 6.29. The normalized spacial score (nSPS) is 17.2. The van der Waals surface area contributed by atoms with E-state index >= 15 is 0 Å². The van der Waals surface area contributed by atoms with Gasteiger partial charge >= 0.3 is 0 Å². The van der Waals surface area contributed by atoms with Crippen LogP contribution in [0.4, 0.5) is 0 Å². The molecule has 2 aromatic carbocycles. The van der Waals surface area contributed by atoms with Gasteiger partial charge in [0.2, 0.25) is 5.91 Å². The number of para-hydroxylation sites is 1. The Labute approximate surface area is 139 Å². The van der Waals surface area contributed by atoms with Crippen LogP contribution in [0.3, 0.4) is 0 Å². The molecule has 1 aliphatic heterocycles. The lowest BCUT2D eigenvalue weighted by molar-refractivity contribution is -0.119. The van der Waals surface area contributed by atoms with Crippen LogP contribution in [-0.2, 0) is 11.2 Å². The molecule has 2 N–H and O–H groups in total. The molecule has 1 unspecified atom stereocenters. The molecule has 2 heterocycles. The van der Waals surface area contributed by atoms with Gasteiger partial charge in [0.15, 0.2) is 0 Å². The largest absolute Gasteiger partial charge is 0.349 e. The van der Waals surface area contributed by atoms with Crippen molar-refractivity contribution in [2.45, 2.75) is 25.3 Å². The highest BCUT2D eigenvalue weighted by atomic mass is 16.2. The molecule has 4 heteroatoms. The van der Waals surface area contributed by atoms with Crippen molar-refractivity contribution in [3.8, 4) is 0 Å². The minimum absolute atomic E-state index is 0.0409. The Kier molecular flexibility index (Phi) is 3.65. The summed E-state index contributed by atoms with van der Waals surface area (Å²) in [5, 5.41) is 4.01. The van der Waals surface area contributed by atoms with Crippen molar-refractivity contribution in [1.82, 2.24) is 10.3 Å². The minimum atomic E-state index is -0.0409. The zero-order valence-corrected chi connectivity index (χ0v) is 13.2. The van der Waals surface area contributed by atoms with Crippen molar-refractivity contribution in [1.29, 1.82) is 0 Å². The smallest absolute Gasteiger partial charge is 0.251 e. The minimum Gasteiger partial charge on any atom is -0.349 e. The Morgan fingerprint density at radius 2 is 1.79 bits per heavy atom. The zero-order chi connectivity index (χ0) is 16.5. The van der Waals surface area contributed by atoms with Gasteiger partial charge in [0.05, 0.1) is 6.04 Å². The second kappa shape index (κ2) is 5.96. The van der Waals surface area contributed by atoms with E-state index in [1.54, 1.807) is 0 Å². The first-order valence-electron chi connectivity index (χ1n) is 8.18. The first-order chi connectivity index (χ1) is 11.7. The number of hydrogen-bond donors (Lipinski definition) is 2. The number of aromatic amines is 1. The van der Waals surface area contributed by atoms with Crippen LogP contribution >= 0.6 is 0 Å². The third kappa shape index (κ3) is 2.83. The Morgan fingerprint density at radius 1 is 1.00 bits per heavy atom. The van der Waals surface area contributed by atoms with Gasteiger partial charge < -0.3 is 10.3 Å². The van der Waals surface area contributed by atoms with E-state index in [1.165, 1.54) is 0 Å². The second-order valence-electron chi connectivity index (χ2n) is 6.29. The molecule has 4 nitrogen and oxygen atoms in total. The summed E-state index contributed by atoms with van der Waals surface area (Å²) in [7, 11) is 0. The van der Waals surface area contributed by atoms with Crippen LogP contribution in [0.5, 0.6) is 0 Å². The van der Waals surface area contributed by atoms with Crippen LogP contribution in [0.2, 0.25) is 0 Å². The van der Waals surface area contributed by atoms with Gasteiger partial charge in [0, 0.05) is 23.9 Å². The number of amides is 1. The van der Waals surface area contributed by atoms with Crippen LogP contribution in [0.25, 0.3) is 10.9 Å². The van der Waals surface area contributed by atoms with E-state index in [2.05, 4.69) is 10.3 Å². The van der Waals surface area contributed by atoms with Crippen LogP contribution in [0.15, 0.2) is 59.4 Å². The highest BCUT2D eigenvalue weighted by molar-refractivity contribution is 5.79. The van der Waals surface area contributed by atoms with Gasteiger partial charge in [0.1, 0.15) is 0 Å². The van der Waals surface area contributed by atoms with Gasteiger partial charge in [0.25, 0.3) is 5.56 Å². The molecule has 3 aromatic rings. The summed E-state index contributed by atoms with van der Waals surface area (Å²) in [6, 6.07) is 18.0. The maximum atomic E-state index is 12.2. The van der Waals surface area contributed by atoms with E-state index in [9.17, 15) is 9.59 Å². The maximum Gasteiger partial charge on any atom is 0.251 e. The number of aromatic nitrogens is 1. The molecule has 1 aliphatic rings. The van der Waals surface area contributed by atoms with E-state index in [1.807, 2.05) is 54.6 Å². The third-order valence-electron chi connectivity index (χ3n) is 4.60. The third-order valence-corrected chi connectivity index (χ3v) is 4.60. The molecule has 1 fully saturated rings. The highest BCUT2D eigenvalue weighted by Gasteiger charge is 2.21. The molecule has 1 saturated heterocycles. The number of carbonyl (C=O) groups excluding carboxylic acids is 1. The average Bonchev–Trinajstić information content (AvgIpc) is 3.03. The van der Waals surface area contributed by atoms with E-state index in [4.69, 9.17) is 0 Å². The number of nitrogens with one attached hydrogen (secondary N) is 2. The molecule has 1 atom stereocenters. The van der Waals surface area contributed by atoms with E-state index in [0.717, 1.165) is 34.0 Å². The van der Waals surface area contributed by atoms with Crippen molar-refractivity contribution in [3.63, 3.8) is 0 Å². The summed E-state index contributed by atoms with van der Waals surface area (Å²) < 4.78 is 0. The summed E-state index contributed by atoms with van der Waals surface area (Å²) in [6.07, 6.45) is 2.04. The summed E-state index contributed by atoms with van der Waals surface area (Å²) in [5.74, 6) is 0.117. The molecule has 0 bridgehead atoms. The molecular formula is C20H18N2O2. The van der Waals surface area contributed by atoms with Crippen molar-refractivity contribution < 1.29 is 4.79 Å². The summed E-state index contributed by atoms with van der Waals surface area (Å²) in [6.45, 7) is 0. The van der Waals surface area contributed by atoms with Gasteiger partial charge in [-0.05, 0) is 35.1 Å². The standard InChI is InChI=1S/C20H18N2O2/c23-19-10-9-18(21-19)14-7-5-13(6-8-14)11-16-12-15-3-1-2-4-17(15)22-20(16)24/h1-8,12,18H,9-11H2,(H,21,23)(H,22,24). The van der Waals surface area contributed by atoms with E-state index < -0.39 is 0 Å². The number of carbonyl (C=O) groups is 1. The van der Waals surface area contributed by atoms with Crippen LogP contribution in [-0.4, -0.2) is 10.9 Å². The fourth-order valence-electron chi connectivity index (χ4n) is 3.28. The fourth-order valence-corrected chi connectivity index (χ4v) is 3.28. The fraction of sp³-hybridized carbons (Fsp3) is 0.200. The Bertz CT molecular complexity index is 957. The average molecular weight is 318 g/mol. The van der Waals surface area contributed by atoms with Crippen LogP contribution in [0.1, 0.15) is 35.6 Å². The topological polar surface area (TPSA) is 62.0 Å². The highest BCUT2D eigenvalue weighted by Crippen LogP contribution is 2.24. The number of hydrogen-bond acceptors (Lipinski definition) is 2. The Balaban J connectivity index is 1.58. The van der Waals surface area contributed by atoms with Crippen molar-refractivity contribution in [3.05, 3.63) is 81.6 Å². The molecular weight excluding hydrogens is 300 g/mol. The molecule has 24 heavy (non-hydrogen) atoms. The predicted molar refractivity (Wildman–Crippen MR) is 93.9 cm³/mol. The van der Waals surface area contributed by atoms with Gasteiger partial charge in [-0.15, -0.1) is 0 Å². The molecule has 0 spiro atoms. The lowest BCUT2D eigenvalue weighted by Gasteiger charge is -2.11. The van der Waals surface area contributed by atoms with Crippen LogP contribution < -0.4 is 10.9 Å². The number of H-pyrrole nitrogens is 1. The first kappa shape index (κ1) is 14.7. The molecule has 1 amide bonds. The number of fused-ring (bicyclic) bond motifs is 1. The van der Waals surface area contributed by atoms with E-state index in [0.29, 0.717) is 12.8 Å². The Morgan fingerprint density at radius 3 is 2.54 bits per heavy atom. The van der Waals surface area contributed by atoms with Crippen molar-refractivity contribution in [2.24, 2.45) is 0 Å². The van der Waals surface area contributed by atoms with Crippen molar-refractivity contribution >= 4 is 16.8 Å². The van der Waals surface area contributed by atoms with Crippen LogP contribution in [0, 0.1) is 0 Å². The van der Waals surface area contributed by atoms with E-state index in [-0.39, 0.29) is 17.5 Å². The van der Waals surface area contributed by atoms with Gasteiger partial charge in [-0.3, -0.25) is 9.59 Å². The molecule has 0 saturated carbocycles. The monoisotopic (exact) mass is 318 g/mol. The quantitative estimate of drug-likeness (QED) is 0.779. The number of rotatable bonds is 3. The summed E-state index contributed by atoms with van der Waals surface area (Å²) >= 11 is 0. The molecule has 4 rings (SSSR count). The molecule has 0 aliphatic carbocycles. The van der Waals surface area contributed by atoms with Crippen molar-refractivity contribution in [2.75, 3.05) is 0 Å². The number of pyridine rings is 1. The molecule has 120 valence electrons. The predicted octanol–water partition coefficient (Wildman–Crippen LogP) is 3.07. The summed E-state index contributed by atoms with van der Waals surface area (Å²) in [4.78, 5) is 26.5. The molecule has 1 aromatic heterocycles. The van der Waals surface area contributed by atoms with Gasteiger partial charge in [-0.2, -0.15) is 0 Å². The molecule has 0 radical (unpaired) electrons. The lowest BCUT2D eigenvalue weighted by atomic mass is 10.00. The Hall–Kier alpha value is -2.88. The lowest BCUT2D eigenvalue weighted by Crippen LogP contribution is -2.18. The maximum absolute atomic E-state index is 12.2. The summed E-state index contributed by atoms with van der Waals surface area (Å²) in [5.41, 5.74) is 3.79. The SMILES string of the molecule is O=C1CCC(c2ccc(Cc3cc4ccccc4[nH]c3=O)cc2)N1.